The number of fused-ring (bicyclic) bond motifs is 1. The summed E-state index contributed by atoms with van der Waals surface area (Å²) in [5, 5.41) is 0. The molecule has 1 aromatic heterocycles. The highest BCUT2D eigenvalue weighted by molar-refractivity contribution is 7.91. The Kier molecular flexibility index (Phi) is 4.09. The van der Waals surface area contributed by atoms with Gasteiger partial charge in [-0.05, 0) is 31.2 Å². The van der Waals surface area contributed by atoms with Crippen molar-refractivity contribution in [2.24, 2.45) is 0 Å². The van der Waals surface area contributed by atoms with Gasteiger partial charge in [0.2, 0.25) is 0 Å². The van der Waals surface area contributed by atoms with E-state index in [1.807, 2.05) is 31.2 Å². The molecule has 0 bridgehead atoms. The summed E-state index contributed by atoms with van der Waals surface area (Å²) in [6, 6.07) is 15.8. The molecule has 0 unspecified atom stereocenters. The molecule has 0 atom stereocenters. The van der Waals surface area contributed by atoms with Crippen molar-refractivity contribution >= 4 is 20.9 Å². The molecule has 0 aliphatic rings. The zero-order valence-electron chi connectivity index (χ0n) is 12.8. The van der Waals surface area contributed by atoms with Gasteiger partial charge in [0, 0.05) is 13.1 Å². The van der Waals surface area contributed by atoms with Crippen LogP contribution in [0.5, 0.6) is 0 Å². The summed E-state index contributed by atoms with van der Waals surface area (Å²) >= 11 is 0. The molecule has 0 radical (unpaired) electrons. The van der Waals surface area contributed by atoms with Crippen molar-refractivity contribution in [2.75, 3.05) is 5.75 Å². The fourth-order valence-corrected chi connectivity index (χ4v) is 3.98. The van der Waals surface area contributed by atoms with Gasteiger partial charge in [0.15, 0.2) is 9.84 Å². The molecule has 3 rings (SSSR count). The summed E-state index contributed by atoms with van der Waals surface area (Å²) in [6.45, 7) is 2.60. The highest BCUT2D eigenvalue weighted by Gasteiger charge is 2.17. The first-order chi connectivity index (χ1) is 11.0. The number of nitrogens with zero attached hydrogens (tertiary/aromatic N) is 2. The van der Waals surface area contributed by atoms with Crippen molar-refractivity contribution in [2.45, 2.75) is 24.9 Å². The molecule has 0 spiro atoms. The minimum absolute atomic E-state index is 0.103. The second-order valence-corrected chi connectivity index (χ2v) is 7.41. The Morgan fingerprint density at radius 2 is 1.43 bits per heavy atom. The van der Waals surface area contributed by atoms with Gasteiger partial charge in [-0.2, -0.15) is 0 Å². The van der Waals surface area contributed by atoms with Crippen LogP contribution >= 0.6 is 0 Å². The molecule has 2 aromatic carbocycles. The maximum absolute atomic E-state index is 12.5. The van der Waals surface area contributed by atoms with Crippen molar-refractivity contribution in [3.8, 4) is 0 Å². The van der Waals surface area contributed by atoms with Gasteiger partial charge in [-0.3, -0.25) is 9.13 Å². The predicted molar refractivity (Wildman–Crippen MR) is 90.4 cm³/mol. The van der Waals surface area contributed by atoms with Crippen LogP contribution in [-0.2, 0) is 22.9 Å². The molecule has 23 heavy (non-hydrogen) atoms. The summed E-state index contributed by atoms with van der Waals surface area (Å²) in [5.74, 6) is -0.103. The number of aryl methyl sites for hydroxylation is 2. The lowest BCUT2D eigenvalue weighted by molar-refractivity contribution is 0.586. The van der Waals surface area contributed by atoms with Crippen molar-refractivity contribution in [3.63, 3.8) is 0 Å². The van der Waals surface area contributed by atoms with Crippen LogP contribution in [0.15, 0.2) is 64.3 Å². The first-order valence-corrected chi connectivity index (χ1v) is 9.15. The second-order valence-electron chi connectivity index (χ2n) is 5.30. The van der Waals surface area contributed by atoms with E-state index in [1.165, 1.54) is 0 Å². The molecular formula is C17H18N2O3S. The normalized spacial score (nSPS) is 11.9. The Balaban J connectivity index is 1.97. The number of rotatable bonds is 5. The molecule has 3 aromatic rings. The van der Waals surface area contributed by atoms with Crippen molar-refractivity contribution in [1.29, 1.82) is 0 Å². The molecule has 0 N–H and O–H groups in total. The number of imidazole rings is 1. The van der Waals surface area contributed by atoms with E-state index in [9.17, 15) is 13.2 Å². The van der Waals surface area contributed by atoms with Gasteiger partial charge in [0.05, 0.1) is 21.7 Å². The van der Waals surface area contributed by atoms with Crippen molar-refractivity contribution in [1.82, 2.24) is 9.13 Å². The Labute approximate surface area is 134 Å². The van der Waals surface area contributed by atoms with Crippen LogP contribution in [0.3, 0.4) is 0 Å². The third-order valence-electron chi connectivity index (χ3n) is 3.93. The molecule has 0 aliphatic carbocycles. The Hall–Kier alpha value is -2.34. The first kappa shape index (κ1) is 15.6. The SMILES string of the molecule is CCn1c(=O)n(CCS(=O)(=O)c2ccccc2)c2ccccc21. The fraction of sp³-hybridized carbons (Fsp3) is 0.235. The van der Waals surface area contributed by atoms with E-state index in [-0.39, 0.29) is 22.9 Å². The molecule has 0 aliphatic heterocycles. The minimum Gasteiger partial charge on any atom is -0.292 e. The number of aromatic nitrogens is 2. The zero-order chi connectivity index (χ0) is 16.4. The molecule has 0 saturated heterocycles. The van der Waals surface area contributed by atoms with Crippen LogP contribution in [0, 0.1) is 0 Å². The van der Waals surface area contributed by atoms with Crippen LogP contribution in [0.4, 0.5) is 0 Å². The molecule has 0 amide bonds. The summed E-state index contributed by atoms with van der Waals surface area (Å²) in [6.07, 6.45) is 0. The van der Waals surface area contributed by atoms with Crippen molar-refractivity contribution < 1.29 is 8.42 Å². The molecular weight excluding hydrogens is 312 g/mol. The molecule has 0 saturated carbocycles. The van der Waals surface area contributed by atoms with E-state index < -0.39 is 9.84 Å². The molecule has 5 nitrogen and oxygen atoms in total. The van der Waals surface area contributed by atoms with E-state index in [1.54, 1.807) is 39.5 Å². The Morgan fingerprint density at radius 3 is 2.04 bits per heavy atom. The molecule has 120 valence electrons. The zero-order valence-corrected chi connectivity index (χ0v) is 13.7. The number of para-hydroxylation sites is 2. The van der Waals surface area contributed by atoms with Crippen LogP contribution in [-0.4, -0.2) is 23.3 Å². The standard InChI is InChI=1S/C17H18N2O3S/c1-2-18-15-10-6-7-11-16(15)19(17(18)20)12-13-23(21,22)14-8-4-3-5-9-14/h3-11H,2,12-13H2,1H3. The fourth-order valence-electron chi connectivity index (χ4n) is 2.75. The van der Waals surface area contributed by atoms with Crippen LogP contribution in [0.1, 0.15) is 6.92 Å². The van der Waals surface area contributed by atoms with Gasteiger partial charge >= 0.3 is 5.69 Å². The van der Waals surface area contributed by atoms with Gasteiger partial charge in [0.1, 0.15) is 0 Å². The number of hydrogen-bond acceptors (Lipinski definition) is 3. The van der Waals surface area contributed by atoms with Crippen LogP contribution in [0.25, 0.3) is 11.0 Å². The van der Waals surface area contributed by atoms with Gasteiger partial charge in [0.25, 0.3) is 0 Å². The lowest BCUT2D eigenvalue weighted by atomic mass is 10.3. The molecule has 0 fully saturated rings. The summed E-state index contributed by atoms with van der Waals surface area (Å²) in [4.78, 5) is 12.8. The first-order valence-electron chi connectivity index (χ1n) is 7.50. The third-order valence-corrected chi connectivity index (χ3v) is 5.64. The average Bonchev–Trinajstić information content (AvgIpc) is 2.85. The summed E-state index contributed by atoms with van der Waals surface area (Å²) in [7, 11) is -3.41. The Morgan fingerprint density at radius 1 is 0.870 bits per heavy atom. The third kappa shape index (κ3) is 2.82. The van der Waals surface area contributed by atoms with E-state index in [0.717, 1.165) is 11.0 Å². The highest BCUT2D eigenvalue weighted by Crippen LogP contribution is 2.15. The highest BCUT2D eigenvalue weighted by atomic mass is 32.2. The summed E-state index contributed by atoms with van der Waals surface area (Å²) in [5.41, 5.74) is 1.43. The molecule has 6 heteroatoms. The van der Waals surface area contributed by atoms with E-state index >= 15 is 0 Å². The molecule has 1 heterocycles. The smallest absolute Gasteiger partial charge is 0.292 e. The van der Waals surface area contributed by atoms with Crippen LogP contribution < -0.4 is 5.69 Å². The van der Waals surface area contributed by atoms with Crippen LogP contribution in [0.2, 0.25) is 0 Å². The average molecular weight is 330 g/mol. The Bertz CT molecular complexity index is 986. The topological polar surface area (TPSA) is 61.1 Å². The predicted octanol–water partition coefficient (Wildman–Crippen LogP) is 2.30. The van der Waals surface area contributed by atoms with E-state index in [4.69, 9.17) is 0 Å². The maximum atomic E-state index is 12.5. The quantitative estimate of drug-likeness (QED) is 0.721. The number of benzene rings is 2. The van der Waals surface area contributed by atoms with Gasteiger partial charge < -0.3 is 0 Å². The van der Waals surface area contributed by atoms with Gasteiger partial charge in [-0.1, -0.05) is 30.3 Å². The van der Waals surface area contributed by atoms with Crippen molar-refractivity contribution in [3.05, 3.63) is 65.1 Å². The monoisotopic (exact) mass is 330 g/mol. The lowest BCUT2D eigenvalue weighted by Gasteiger charge is -2.05. The summed E-state index contributed by atoms with van der Waals surface area (Å²) < 4.78 is 28.0. The van der Waals surface area contributed by atoms with E-state index in [0.29, 0.717) is 6.54 Å². The van der Waals surface area contributed by atoms with E-state index in [2.05, 4.69) is 0 Å². The maximum Gasteiger partial charge on any atom is 0.329 e. The van der Waals surface area contributed by atoms with Gasteiger partial charge in [-0.15, -0.1) is 0 Å². The number of hydrogen-bond donors (Lipinski definition) is 0. The second kappa shape index (κ2) is 6.04. The lowest BCUT2D eigenvalue weighted by Crippen LogP contribution is -2.26. The van der Waals surface area contributed by atoms with Gasteiger partial charge in [-0.25, -0.2) is 13.2 Å². The largest absolute Gasteiger partial charge is 0.329 e. The minimum atomic E-state index is -3.41. The number of sulfone groups is 1.